The Hall–Kier alpha value is -1.53. The third-order valence-corrected chi connectivity index (χ3v) is 5.16. The van der Waals surface area contributed by atoms with Crippen LogP contribution in [-0.2, 0) is 17.1 Å². The number of hydrogen-bond acceptors (Lipinski definition) is 4. The summed E-state index contributed by atoms with van der Waals surface area (Å²) in [6.07, 6.45) is 3.06. The third-order valence-electron chi connectivity index (χ3n) is 4.62. The number of likely N-dealkylation sites (tertiary alicyclic amines) is 1. The summed E-state index contributed by atoms with van der Waals surface area (Å²) in [5.74, 6) is 2.37. The molecule has 6 heteroatoms. The highest BCUT2D eigenvalue weighted by Gasteiger charge is 2.31. The van der Waals surface area contributed by atoms with Crippen LogP contribution in [0, 0.1) is 5.92 Å². The van der Waals surface area contributed by atoms with Crippen LogP contribution in [-0.4, -0.2) is 45.7 Å². The molecule has 1 amide bonds. The first-order valence-electron chi connectivity index (χ1n) is 8.06. The van der Waals surface area contributed by atoms with Crippen LogP contribution >= 0.6 is 11.8 Å². The molecule has 2 heterocycles. The van der Waals surface area contributed by atoms with Crippen molar-refractivity contribution in [2.24, 2.45) is 11.7 Å². The van der Waals surface area contributed by atoms with Gasteiger partial charge in [-0.25, -0.2) is 4.98 Å². The van der Waals surface area contributed by atoms with Crippen LogP contribution in [0.15, 0.2) is 24.3 Å². The Balaban J connectivity index is 1.85. The van der Waals surface area contributed by atoms with Gasteiger partial charge in [-0.05, 0) is 44.2 Å². The lowest BCUT2D eigenvalue weighted by Crippen LogP contribution is -2.37. The van der Waals surface area contributed by atoms with E-state index in [1.165, 1.54) is 0 Å². The van der Waals surface area contributed by atoms with Gasteiger partial charge in [0.2, 0.25) is 5.91 Å². The van der Waals surface area contributed by atoms with E-state index in [0.29, 0.717) is 19.0 Å². The van der Waals surface area contributed by atoms with Gasteiger partial charge in [-0.15, -0.1) is 0 Å². The van der Waals surface area contributed by atoms with Gasteiger partial charge in [-0.1, -0.05) is 12.1 Å². The first kappa shape index (κ1) is 16.3. The SMILES string of the molecule is CSCc1nc2ccccc2n1CC(=O)N1CC(CN)CC1C. The highest BCUT2D eigenvalue weighted by Crippen LogP contribution is 2.24. The van der Waals surface area contributed by atoms with Crippen LogP contribution < -0.4 is 5.73 Å². The Morgan fingerprint density at radius 1 is 1.43 bits per heavy atom. The van der Waals surface area contributed by atoms with Gasteiger partial charge < -0.3 is 15.2 Å². The monoisotopic (exact) mass is 332 g/mol. The third kappa shape index (κ3) is 3.23. The maximum atomic E-state index is 12.8. The molecular weight excluding hydrogens is 308 g/mol. The van der Waals surface area contributed by atoms with Gasteiger partial charge in [-0.2, -0.15) is 11.8 Å². The number of thioether (sulfide) groups is 1. The lowest BCUT2D eigenvalue weighted by Gasteiger charge is -2.22. The fourth-order valence-electron chi connectivity index (χ4n) is 3.43. The number of rotatable bonds is 5. The minimum Gasteiger partial charge on any atom is -0.338 e. The van der Waals surface area contributed by atoms with Crippen molar-refractivity contribution in [3.05, 3.63) is 30.1 Å². The zero-order chi connectivity index (χ0) is 16.4. The van der Waals surface area contributed by atoms with Crippen molar-refractivity contribution in [2.45, 2.75) is 31.7 Å². The fourth-order valence-corrected chi connectivity index (χ4v) is 3.91. The van der Waals surface area contributed by atoms with Gasteiger partial charge in [0.05, 0.1) is 16.8 Å². The van der Waals surface area contributed by atoms with Crippen molar-refractivity contribution in [3.63, 3.8) is 0 Å². The fraction of sp³-hybridized carbons (Fsp3) is 0.529. The van der Waals surface area contributed by atoms with Crippen LogP contribution in [0.5, 0.6) is 0 Å². The lowest BCUT2D eigenvalue weighted by atomic mass is 10.1. The number of carbonyl (C=O) groups excluding carboxylic acids is 1. The molecule has 1 aliphatic rings. The molecule has 0 aliphatic carbocycles. The van der Waals surface area contributed by atoms with E-state index in [2.05, 4.69) is 22.7 Å². The molecule has 2 unspecified atom stereocenters. The van der Waals surface area contributed by atoms with E-state index in [0.717, 1.165) is 35.6 Å². The van der Waals surface area contributed by atoms with Crippen molar-refractivity contribution in [2.75, 3.05) is 19.3 Å². The summed E-state index contributed by atoms with van der Waals surface area (Å²) in [6, 6.07) is 8.29. The molecule has 1 saturated heterocycles. The van der Waals surface area contributed by atoms with E-state index >= 15 is 0 Å². The Morgan fingerprint density at radius 2 is 2.22 bits per heavy atom. The number of benzene rings is 1. The van der Waals surface area contributed by atoms with Crippen molar-refractivity contribution in [3.8, 4) is 0 Å². The second kappa shape index (κ2) is 6.93. The van der Waals surface area contributed by atoms with Crippen molar-refractivity contribution < 1.29 is 4.79 Å². The smallest absolute Gasteiger partial charge is 0.242 e. The molecule has 0 bridgehead atoms. The minimum atomic E-state index is 0.166. The summed E-state index contributed by atoms with van der Waals surface area (Å²) in [5, 5.41) is 0. The average molecular weight is 332 g/mol. The average Bonchev–Trinajstić information content (AvgIpc) is 3.09. The highest BCUT2D eigenvalue weighted by atomic mass is 32.2. The first-order chi connectivity index (χ1) is 11.1. The van der Waals surface area contributed by atoms with E-state index in [9.17, 15) is 4.79 Å². The molecule has 2 aromatic rings. The molecule has 1 fully saturated rings. The Kier molecular flexibility index (Phi) is 4.92. The number of para-hydroxylation sites is 2. The maximum absolute atomic E-state index is 12.8. The van der Waals surface area contributed by atoms with Crippen molar-refractivity contribution >= 4 is 28.7 Å². The normalized spacial score (nSPS) is 21.3. The molecule has 0 saturated carbocycles. The van der Waals surface area contributed by atoms with E-state index < -0.39 is 0 Å². The Bertz CT molecular complexity index is 699. The van der Waals surface area contributed by atoms with Crippen LogP contribution in [0.2, 0.25) is 0 Å². The predicted molar refractivity (Wildman–Crippen MR) is 95.3 cm³/mol. The van der Waals surface area contributed by atoms with E-state index in [1.807, 2.05) is 29.2 Å². The molecule has 1 aliphatic heterocycles. The number of hydrogen-bond donors (Lipinski definition) is 1. The standard InChI is InChI=1S/C17H24N4OS/c1-12-7-13(8-18)9-20(12)17(22)10-21-15-6-4-3-5-14(15)19-16(21)11-23-2/h3-6,12-13H,7-11,18H2,1-2H3. The molecule has 1 aromatic carbocycles. The number of amides is 1. The van der Waals surface area contributed by atoms with Crippen molar-refractivity contribution in [1.29, 1.82) is 0 Å². The summed E-state index contributed by atoms with van der Waals surface area (Å²) in [5.41, 5.74) is 7.77. The predicted octanol–water partition coefficient (Wildman–Crippen LogP) is 2.09. The van der Waals surface area contributed by atoms with Gasteiger partial charge in [0.25, 0.3) is 0 Å². The van der Waals surface area contributed by atoms with Crippen LogP contribution in [0.4, 0.5) is 0 Å². The number of imidazole rings is 1. The molecule has 124 valence electrons. The molecule has 2 N–H and O–H groups in total. The van der Waals surface area contributed by atoms with Gasteiger partial charge >= 0.3 is 0 Å². The Labute approximate surface area is 141 Å². The van der Waals surface area contributed by atoms with E-state index in [-0.39, 0.29) is 11.9 Å². The number of nitrogens with zero attached hydrogens (tertiary/aromatic N) is 3. The van der Waals surface area contributed by atoms with Crippen LogP contribution in [0.3, 0.4) is 0 Å². The summed E-state index contributed by atoms with van der Waals surface area (Å²) >= 11 is 1.72. The molecule has 0 spiro atoms. The number of carbonyl (C=O) groups is 1. The van der Waals surface area contributed by atoms with Crippen molar-refractivity contribution in [1.82, 2.24) is 14.5 Å². The first-order valence-corrected chi connectivity index (χ1v) is 9.46. The molecule has 5 nitrogen and oxygen atoms in total. The van der Waals surface area contributed by atoms with Crippen LogP contribution in [0.1, 0.15) is 19.2 Å². The van der Waals surface area contributed by atoms with Crippen LogP contribution in [0.25, 0.3) is 11.0 Å². The quantitative estimate of drug-likeness (QED) is 0.911. The van der Waals surface area contributed by atoms with Gasteiger partial charge in [0.15, 0.2) is 0 Å². The number of aromatic nitrogens is 2. The summed E-state index contributed by atoms with van der Waals surface area (Å²) in [4.78, 5) is 19.5. The maximum Gasteiger partial charge on any atom is 0.242 e. The molecule has 0 radical (unpaired) electrons. The topological polar surface area (TPSA) is 64.2 Å². The molecule has 23 heavy (non-hydrogen) atoms. The number of nitrogens with two attached hydrogens (primary N) is 1. The second-order valence-electron chi connectivity index (χ2n) is 6.27. The van der Waals surface area contributed by atoms with E-state index in [4.69, 9.17) is 5.73 Å². The molecule has 2 atom stereocenters. The zero-order valence-electron chi connectivity index (χ0n) is 13.7. The lowest BCUT2D eigenvalue weighted by molar-refractivity contribution is -0.132. The van der Waals surface area contributed by atoms with Gasteiger partial charge in [0, 0.05) is 12.6 Å². The molecular formula is C17H24N4OS. The minimum absolute atomic E-state index is 0.166. The molecule has 1 aromatic heterocycles. The zero-order valence-corrected chi connectivity index (χ0v) is 14.6. The summed E-state index contributed by atoms with van der Waals surface area (Å²) in [7, 11) is 0. The summed E-state index contributed by atoms with van der Waals surface area (Å²) in [6.45, 7) is 3.90. The second-order valence-corrected chi connectivity index (χ2v) is 7.13. The summed E-state index contributed by atoms with van der Waals surface area (Å²) < 4.78 is 2.07. The van der Waals surface area contributed by atoms with E-state index in [1.54, 1.807) is 11.8 Å². The highest BCUT2D eigenvalue weighted by molar-refractivity contribution is 7.97. The van der Waals surface area contributed by atoms with Gasteiger partial charge in [-0.3, -0.25) is 4.79 Å². The largest absolute Gasteiger partial charge is 0.338 e. The molecule has 3 rings (SSSR count). The number of fused-ring (bicyclic) bond motifs is 1. The Morgan fingerprint density at radius 3 is 2.91 bits per heavy atom. The van der Waals surface area contributed by atoms with Gasteiger partial charge in [0.1, 0.15) is 12.4 Å².